The van der Waals surface area contributed by atoms with Crippen molar-refractivity contribution in [2.24, 2.45) is 0 Å². The lowest BCUT2D eigenvalue weighted by molar-refractivity contribution is -0.143. The van der Waals surface area contributed by atoms with Gasteiger partial charge in [-0.15, -0.1) is 0 Å². The van der Waals surface area contributed by atoms with Crippen molar-refractivity contribution >= 4 is 15.8 Å². The molecule has 0 spiro atoms. The summed E-state index contributed by atoms with van der Waals surface area (Å²) in [6.07, 6.45) is 0. The lowest BCUT2D eigenvalue weighted by atomic mass is 10.0. The van der Waals surface area contributed by atoms with Crippen LogP contribution in [0.4, 0.5) is 0 Å². The van der Waals surface area contributed by atoms with Crippen LogP contribution >= 0.6 is 0 Å². The highest BCUT2D eigenvalue weighted by molar-refractivity contribution is 7.94. The summed E-state index contributed by atoms with van der Waals surface area (Å²) in [4.78, 5) is 11.6. The van der Waals surface area contributed by atoms with E-state index >= 15 is 0 Å². The van der Waals surface area contributed by atoms with Crippen molar-refractivity contribution in [1.82, 2.24) is 0 Å². The maximum absolute atomic E-state index is 11.3. The molecule has 2 rings (SSSR count). The Morgan fingerprint density at radius 2 is 1.68 bits per heavy atom. The number of ether oxygens (including phenoxy) is 1. The van der Waals surface area contributed by atoms with Crippen molar-refractivity contribution in [3.05, 3.63) is 78.2 Å². The zero-order valence-electron chi connectivity index (χ0n) is 13.8. The number of carbonyl (C=O) groups excluding carboxylic acids is 1. The molecule has 0 heterocycles. The average Bonchev–Trinajstić information content (AvgIpc) is 2.65. The molecule has 0 aliphatic rings. The highest BCUT2D eigenvalue weighted by Crippen LogP contribution is 2.15. The molecule has 1 unspecified atom stereocenters. The Kier molecular flexibility index (Phi) is 8.10. The lowest BCUT2D eigenvalue weighted by Gasteiger charge is -2.07. The van der Waals surface area contributed by atoms with Gasteiger partial charge in [0.25, 0.3) is 0 Å². The van der Waals surface area contributed by atoms with Gasteiger partial charge in [-0.1, -0.05) is 55.1 Å². The lowest BCUT2D eigenvalue weighted by Crippen LogP contribution is -2.14. The van der Waals surface area contributed by atoms with Gasteiger partial charge >= 0.3 is 5.97 Å². The maximum Gasteiger partial charge on any atom is 0.327 e. The SMILES string of the molecule is C=CS(=O)(=O)c1ccccc1.CCOC(=O)C(C#N)c1ccccc1. The monoisotopic (exact) mass is 357 g/mol. The Hall–Kier alpha value is -2.91. The number of nitrogens with zero attached hydrogens (tertiary/aromatic N) is 1. The molecule has 0 aliphatic carbocycles. The van der Waals surface area contributed by atoms with Gasteiger partial charge in [0.15, 0.2) is 15.8 Å². The molecule has 6 heteroatoms. The number of benzene rings is 2. The molecule has 2 aromatic carbocycles. The van der Waals surface area contributed by atoms with E-state index in [2.05, 4.69) is 6.58 Å². The number of carbonyl (C=O) groups is 1. The quantitative estimate of drug-likeness (QED) is 0.765. The number of nitriles is 1. The summed E-state index contributed by atoms with van der Waals surface area (Å²) in [5, 5.41) is 9.77. The summed E-state index contributed by atoms with van der Waals surface area (Å²) in [5.41, 5.74) is 0.674. The van der Waals surface area contributed by atoms with E-state index in [9.17, 15) is 13.2 Å². The third-order valence-electron chi connectivity index (χ3n) is 3.08. The molecule has 1 atom stereocenters. The number of sulfone groups is 1. The van der Waals surface area contributed by atoms with Crippen LogP contribution in [-0.2, 0) is 19.4 Å². The second-order valence-corrected chi connectivity index (χ2v) is 6.64. The second-order valence-electron chi connectivity index (χ2n) is 4.75. The molecule has 0 N–H and O–H groups in total. The zero-order valence-corrected chi connectivity index (χ0v) is 14.6. The summed E-state index contributed by atoms with van der Waals surface area (Å²) in [5.74, 6) is -1.29. The van der Waals surface area contributed by atoms with Gasteiger partial charge < -0.3 is 4.74 Å². The molecule has 0 radical (unpaired) electrons. The van der Waals surface area contributed by atoms with Crippen LogP contribution in [0, 0.1) is 11.3 Å². The van der Waals surface area contributed by atoms with Crippen LogP contribution in [0.1, 0.15) is 18.4 Å². The number of hydrogen-bond donors (Lipinski definition) is 0. The van der Waals surface area contributed by atoms with Gasteiger partial charge in [-0.25, -0.2) is 8.42 Å². The van der Waals surface area contributed by atoms with Crippen molar-refractivity contribution in [3.8, 4) is 6.07 Å². The minimum Gasteiger partial charge on any atom is -0.465 e. The first kappa shape index (κ1) is 20.1. The smallest absolute Gasteiger partial charge is 0.327 e. The second kappa shape index (κ2) is 10.1. The van der Waals surface area contributed by atoms with Crippen molar-refractivity contribution < 1.29 is 17.9 Å². The largest absolute Gasteiger partial charge is 0.465 e. The van der Waals surface area contributed by atoms with Crippen molar-refractivity contribution in [2.45, 2.75) is 17.7 Å². The number of esters is 1. The first-order valence-electron chi connectivity index (χ1n) is 7.50. The Morgan fingerprint density at radius 3 is 2.12 bits per heavy atom. The molecule has 0 saturated carbocycles. The normalized spacial score (nSPS) is 11.2. The summed E-state index contributed by atoms with van der Waals surface area (Å²) < 4.78 is 27.0. The van der Waals surface area contributed by atoms with Crippen LogP contribution in [0.5, 0.6) is 0 Å². The highest BCUT2D eigenvalue weighted by Gasteiger charge is 2.20. The fourth-order valence-corrected chi connectivity index (χ4v) is 2.57. The molecule has 0 amide bonds. The van der Waals surface area contributed by atoms with E-state index in [0.717, 1.165) is 5.41 Å². The van der Waals surface area contributed by atoms with Gasteiger partial charge in [-0.05, 0) is 24.6 Å². The van der Waals surface area contributed by atoms with Crippen molar-refractivity contribution in [3.63, 3.8) is 0 Å². The first-order valence-corrected chi connectivity index (χ1v) is 9.04. The number of rotatable bonds is 5. The van der Waals surface area contributed by atoms with Crippen LogP contribution in [0.25, 0.3) is 0 Å². The average molecular weight is 357 g/mol. The molecule has 25 heavy (non-hydrogen) atoms. The molecule has 5 nitrogen and oxygen atoms in total. The predicted octanol–water partition coefficient (Wildman–Crippen LogP) is 3.46. The molecule has 0 aliphatic heterocycles. The molecule has 2 aromatic rings. The summed E-state index contributed by atoms with van der Waals surface area (Å²) >= 11 is 0. The van der Waals surface area contributed by atoms with Crippen molar-refractivity contribution in [1.29, 1.82) is 5.26 Å². The fourth-order valence-electron chi connectivity index (χ4n) is 1.84. The third kappa shape index (κ3) is 6.24. The highest BCUT2D eigenvalue weighted by atomic mass is 32.2. The fraction of sp³-hybridized carbons (Fsp3) is 0.158. The Labute approximate surface area is 148 Å². The maximum atomic E-state index is 11.3. The zero-order chi connectivity index (χ0) is 18.7. The van der Waals surface area contributed by atoms with Gasteiger partial charge in [0.05, 0.1) is 17.6 Å². The van der Waals surface area contributed by atoms with E-state index in [1.807, 2.05) is 12.1 Å². The molecule has 0 saturated heterocycles. The topological polar surface area (TPSA) is 84.2 Å². The summed E-state index contributed by atoms with van der Waals surface area (Å²) in [6.45, 7) is 5.24. The standard InChI is InChI=1S/C11H11NO2.C8H8O2S/c1-2-14-11(13)10(8-12)9-6-4-3-5-7-9;1-2-11(9,10)8-6-4-3-5-7-8/h3-7,10H,2H2,1H3;2-7H,1H2. The van der Waals surface area contributed by atoms with Crippen LogP contribution in [0.2, 0.25) is 0 Å². The molecule has 0 bridgehead atoms. The molecule has 0 aromatic heterocycles. The first-order chi connectivity index (χ1) is 12.0. The minimum atomic E-state index is -3.23. The number of hydrogen-bond acceptors (Lipinski definition) is 5. The molecular formula is C19H19NO4S. The van der Waals surface area contributed by atoms with Gasteiger partial charge in [-0.2, -0.15) is 5.26 Å². The molecule has 0 fully saturated rings. The Balaban J connectivity index is 0.000000257. The van der Waals surface area contributed by atoms with Crippen LogP contribution in [0.15, 0.2) is 77.5 Å². The van der Waals surface area contributed by atoms with Crippen molar-refractivity contribution in [2.75, 3.05) is 6.61 Å². The van der Waals surface area contributed by atoms with Gasteiger partial charge in [0, 0.05) is 5.41 Å². The van der Waals surface area contributed by atoms with Gasteiger partial charge in [0.1, 0.15) is 0 Å². The van der Waals surface area contributed by atoms with Crippen LogP contribution in [-0.4, -0.2) is 21.0 Å². The summed E-state index contributed by atoms with van der Waals surface area (Å²) in [6, 6.07) is 19.0. The molecular weight excluding hydrogens is 338 g/mol. The van der Waals surface area contributed by atoms with E-state index in [-0.39, 0.29) is 4.90 Å². The van der Waals surface area contributed by atoms with E-state index in [1.165, 1.54) is 12.1 Å². The predicted molar refractivity (Wildman–Crippen MR) is 95.3 cm³/mol. The molecule has 130 valence electrons. The minimum absolute atomic E-state index is 0.287. The van der Waals surface area contributed by atoms with E-state index in [4.69, 9.17) is 10.00 Å². The van der Waals surface area contributed by atoms with Crippen LogP contribution < -0.4 is 0 Å². The summed E-state index contributed by atoms with van der Waals surface area (Å²) in [7, 11) is -3.23. The van der Waals surface area contributed by atoms with Gasteiger partial charge in [0.2, 0.25) is 0 Å². The van der Waals surface area contributed by atoms with Gasteiger partial charge in [-0.3, -0.25) is 4.79 Å². The van der Waals surface area contributed by atoms with E-state index in [0.29, 0.717) is 12.2 Å². The van der Waals surface area contributed by atoms with Crippen LogP contribution in [0.3, 0.4) is 0 Å². The van der Waals surface area contributed by atoms with E-state index in [1.54, 1.807) is 49.4 Å². The Morgan fingerprint density at radius 1 is 1.16 bits per heavy atom. The third-order valence-corrected chi connectivity index (χ3v) is 4.44. The Bertz CT molecular complexity index is 825. The van der Waals surface area contributed by atoms with E-state index < -0.39 is 21.7 Å².